The van der Waals surface area contributed by atoms with Crippen molar-refractivity contribution in [3.05, 3.63) is 45.9 Å². The Labute approximate surface area is 170 Å². The van der Waals surface area contributed by atoms with Crippen molar-refractivity contribution >= 4 is 29.0 Å². The maximum Gasteiger partial charge on any atom is 0.416 e. The molecule has 4 rings (SSSR count). The van der Waals surface area contributed by atoms with Gasteiger partial charge in [0, 0.05) is 36.7 Å². The van der Waals surface area contributed by atoms with E-state index in [0.717, 1.165) is 36.2 Å². The van der Waals surface area contributed by atoms with Crippen LogP contribution >= 0.6 is 11.6 Å². The van der Waals surface area contributed by atoms with Crippen LogP contribution < -0.4 is 11.1 Å². The Balaban J connectivity index is 1.56. The highest BCUT2D eigenvalue weighted by Crippen LogP contribution is 2.34. The van der Waals surface area contributed by atoms with Crippen molar-refractivity contribution < 1.29 is 18.0 Å². The minimum absolute atomic E-state index is 0.0283. The summed E-state index contributed by atoms with van der Waals surface area (Å²) >= 11 is 6.02. The lowest BCUT2D eigenvalue weighted by Gasteiger charge is -2.29. The number of benzene rings is 1. The zero-order chi connectivity index (χ0) is 20.8. The third-order valence-corrected chi connectivity index (χ3v) is 5.24. The van der Waals surface area contributed by atoms with Gasteiger partial charge in [-0.15, -0.1) is 0 Å². The number of hydrogen-bond acceptors (Lipinski definition) is 5. The normalized spacial score (nSPS) is 16.5. The quantitative estimate of drug-likeness (QED) is 0.577. The van der Waals surface area contributed by atoms with E-state index in [2.05, 4.69) is 15.3 Å². The van der Waals surface area contributed by atoms with Crippen molar-refractivity contribution in [2.24, 2.45) is 5.92 Å². The molecule has 1 aromatic carbocycles. The molecule has 2 aliphatic rings. The van der Waals surface area contributed by atoms with Crippen LogP contribution in [0, 0.1) is 5.92 Å². The number of carbonyl (C=O) groups is 1. The molecular weight excluding hydrogens is 407 g/mol. The van der Waals surface area contributed by atoms with Crippen molar-refractivity contribution in [1.29, 1.82) is 0 Å². The smallest absolute Gasteiger partial charge is 0.399 e. The number of nitrogen functional groups attached to an aromatic ring is 1. The van der Waals surface area contributed by atoms with Gasteiger partial charge < -0.3 is 16.0 Å². The Bertz CT molecular complexity index is 962. The molecule has 0 saturated heterocycles. The molecule has 3 N–H and O–H groups in total. The van der Waals surface area contributed by atoms with Gasteiger partial charge in [-0.1, -0.05) is 0 Å². The van der Waals surface area contributed by atoms with Crippen LogP contribution in [0.25, 0.3) is 0 Å². The number of hydrogen-bond donors (Lipinski definition) is 2. The molecule has 1 saturated carbocycles. The Morgan fingerprint density at radius 3 is 2.72 bits per heavy atom. The molecule has 0 atom stereocenters. The second-order valence-electron chi connectivity index (χ2n) is 7.37. The minimum Gasteiger partial charge on any atom is -0.399 e. The first-order valence-electron chi connectivity index (χ1n) is 9.25. The summed E-state index contributed by atoms with van der Waals surface area (Å²) in [6, 6.07) is 3.41. The molecule has 10 heteroatoms. The van der Waals surface area contributed by atoms with Crippen molar-refractivity contribution in [1.82, 2.24) is 14.9 Å². The summed E-state index contributed by atoms with van der Waals surface area (Å²) in [7, 11) is 0. The number of nitrogens with one attached hydrogen (secondary N) is 1. The largest absolute Gasteiger partial charge is 0.416 e. The second-order valence-corrected chi connectivity index (χ2v) is 7.70. The molecule has 2 heterocycles. The molecule has 0 radical (unpaired) electrons. The highest BCUT2D eigenvalue weighted by molar-refractivity contribution is 6.28. The van der Waals surface area contributed by atoms with Gasteiger partial charge in [-0.2, -0.15) is 13.2 Å². The van der Waals surface area contributed by atoms with Gasteiger partial charge >= 0.3 is 6.18 Å². The molecule has 0 bridgehead atoms. The van der Waals surface area contributed by atoms with Crippen LogP contribution in [0.1, 0.15) is 35.2 Å². The lowest BCUT2D eigenvalue weighted by molar-refractivity contribution is -0.137. The molecule has 29 heavy (non-hydrogen) atoms. The number of carbonyl (C=O) groups excluding carboxylic acids is 1. The average Bonchev–Trinajstić information content (AvgIpc) is 3.49. The molecular formula is C19H19ClF3N5O. The van der Waals surface area contributed by atoms with E-state index in [1.54, 1.807) is 4.90 Å². The Kier molecular flexibility index (Phi) is 5.02. The first kappa shape index (κ1) is 19.8. The minimum atomic E-state index is -4.48. The van der Waals surface area contributed by atoms with Crippen LogP contribution in [0.5, 0.6) is 0 Å². The zero-order valence-corrected chi connectivity index (χ0v) is 16.1. The van der Waals surface area contributed by atoms with Gasteiger partial charge in [0.25, 0.3) is 0 Å². The highest BCUT2D eigenvalue weighted by Gasteiger charge is 2.35. The standard InChI is InChI=1S/C19H19ClF3N5O/c20-18-26-15-3-4-28(17(29)11-1-2-11)9-14(15)16(27-18)25-8-10-5-12(19(21,22)23)7-13(24)6-10/h5-7,11H,1-4,8-9,24H2,(H,25,26,27). The lowest BCUT2D eigenvalue weighted by atomic mass is 10.0. The number of alkyl halides is 3. The fraction of sp³-hybridized carbons (Fsp3) is 0.421. The van der Waals surface area contributed by atoms with Crippen LogP contribution in [0.3, 0.4) is 0 Å². The van der Waals surface area contributed by atoms with E-state index in [0.29, 0.717) is 30.9 Å². The highest BCUT2D eigenvalue weighted by atomic mass is 35.5. The molecule has 0 spiro atoms. The Morgan fingerprint density at radius 1 is 1.28 bits per heavy atom. The van der Waals surface area contributed by atoms with Gasteiger partial charge in [0.05, 0.1) is 17.8 Å². The van der Waals surface area contributed by atoms with E-state index in [9.17, 15) is 18.0 Å². The molecule has 6 nitrogen and oxygen atoms in total. The average molecular weight is 426 g/mol. The fourth-order valence-corrected chi connectivity index (χ4v) is 3.66. The summed E-state index contributed by atoms with van der Waals surface area (Å²) in [5, 5.41) is 3.10. The molecule has 0 unspecified atom stereocenters. The maximum atomic E-state index is 13.0. The first-order valence-corrected chi connectivity index (χ1v) is 9.63. The summed E-state index contributed by atoms with van der Waals surface area (Å²) in [5.41, 5.74) is 6.70. The van der Waals surface area contributed by atoms with Crippen LogP contribution in [-0.2, 0) is 30.5 Å². The summed E-state index contributed by atoms with van der Waals surface area (Å²) < 4.78 is 39.1. The van der Waals surface area contributed by atoms with Gasteiger partial charge in [-0.25, -0.2) is 9.97 Å². The van der Waals surface area contributed by atoms with Crippen molar-refractivity contribution in [3.8, 4) is 0 Å². The van der Waals surface area contributed by atoms with Crippen LogP contribution in [-0.4, -0.2) is 27.3 Å². The Morgan fingerprint density at radius 2 is 2.03 bits per heavy atom. The van der Waals surface area contributed by atoms with Gasteiger partial charge in [0.1, 0.15) is 5.82 Å². The SMILES string of the molecule is Nc1cc(CNc2nc(Cl)nc3c2CN(C(=O)C2CC2)CC3)cc(C(F)(F)F)c1. The number of fused-ring (bicyclic) bond motifs is 1. The molecule has 1 amide bonds. The van der Waals surface area contributed by atoms with Gasteiger partial charge in [0.15, 0.2) is 0 Å². The number of nitrogens with two attached hydrogens (primary N) is 1. The lowest BCUT2D eigenvalue weighted by Crippen LogP contribution is -2.37. The van der Waals surface area contributed by atoms with E-state index in [1.165, 1.54) is 6.07 Å². The third kappa shape index (κ3) is 4.39. The van der Waals surface area contributed by atoms with E-state index in [1.807, 2.05) is 0 Å². The maximum absolute atomic E-state index is 13.0. The number of nitrogens with zero attached hydrogens (tertiary/aromatic N) is 3. The predicted molar refractivity (Wildman–Crippen MR) is 102 cm³/mol. The molecule has 1 aromatic heterocycles. The number of rotatable bonds is 4. The van der Waals surface area contributed by atoms with Crippen molar-refractivity contribution in [2.75, 3.05) is 17.6 Å². The summed E-state index contributed by atoms with van der Waals surface area (Å²) in [6.45, 7) is 0.999. The van der Waals surface area contributed by atoms with E-state index >= 15 is 0 Å². The molecule has 154 valence electrons. The molecule has 1 aliphatic heterocycles. The molecule has 1 fully saturated rings. The number of aromatic nitrogens is 2. The molecule has 1 aliphatic carbocycles. The monoisotopic (exact) mass is 425 g/mol. The van der Waals surface area contributed by atoms with Crippen molar-refractivity contribution in [3.63, 3.8) is 0 Å². The molecule has 2 aromatic rings. The topological polar surface area (TPSA) is 84.1 Å². The number of halogens is 4. The Hall–Kier alpha value is -2.55. The van der Waals surface area contributed by atoms with Crippen molar-refractivity contribution in [2.45, 2.75) is 38.5 Å². The second kappa shape index (κ2) is 7.37. The van der Waals surface area contributed by atoms with Gasteiger partial charge in [0.2, 0.25) is 11.2 Å². The fourth-order valence-electron chi connectivity index (χ4n) is 3.48. The van der Waals surface area contributed by atoms with Crippen LogP contribution in [0.2, 0.25) is 5.28 Å². The summed E-state index contributed by atoms with van der Waals surface area (Å²) in [6.07, 6.45) is -2.09. The third-order valence-electron chi connectivity index (χ3n) is 5.07. The summed E-state index contributed by atoms with van der Waals surface area (Å²) in [5.74, 6) is 0.653. The summed E-state index contributed by atoms with van der Waals surface area (Å²) in [4.78, 5) is 22.7. The number of amides is 1. The van der Waals surface area contributed by atoms with E-state index in [-0.39, 0.29) is 29.3 Å². The van der Waals surface area contributed by atoms with Gasteiger partial charge in [-0.3, -0.25) is 4.79 Å². The van der Waals surface area contributed by atoms with E-state index in [4.69, 9.17) is 17.3 Å². The van der Waals surface area contributed by atoms with E-state index < -0.39 is 11.7 Å². The zero-order valence-electron chi connectivity index (χ0n) is 15.4. The number of anilines is 2. The van der Waals surface area contributed by atoms with Gasteiger partial charge in [-0.05, 0) is 48.2 Å². The van der Waals surface area contributed by atoms with Crippen LogP contribution in [0.4, 0.5) is 24.7 Å². The van der Waals surface area contributed by atoms with Crippen LogP contribution in [0.15, 0.2) is 18.2 Å². The predicted octanol–water partition coefficient (Wildman–Crippen LogP) is 3.64. The first-order chi connectivity index (χ1) is 13.7.